The summed E-state index contributed by atoms with van der Waals surface area (Å²) in [6.07, 6.45) is 5.00. The molecule has 2 aromatic rings. The normalized spacial score (nSPS) is 10.9. The van der Waals surface area contributed by atoms with Gasteiger partial charge in [0.1, 0.15) is 5.82 Å². The van der Waals surface area contributed by atoms with Gasteiger partial charge in [-0.05, 0) is 42.5 Å². The molecule has 24 heavy (non-hydrogen) atoms. The average Bonchev–Trinajstić information content (AvgIpc) is 2.55. The monoisotopic (exact) mass is 366 g/mol. The van der Waals surface area contributed by atoms with Gasteiger partial charge in [0.2, 0.25) is 10.0 Å². The third-order valence-electron chi connectivity index (χ3n) is 2.97. The van der Waals surface area contributed by atoms with Crippen molar-refractivity contribution in [3.05, 3.63) is 58.9 Å². The summed E-state index contributed by atoms with van der Waals surface area (Å²) < 4.78 is 39.6. The van der Waals surface area contributed by atoms with E-state index in [9.17, 15) is 17.6 Å². The molecule has 0 radical (unpaired) electrons. The minimum absolute atomic E-state index is 0.0308. The summed E-state index contributed by atoms with van der Waals surface area (Å²) in [5.41, 5.74) is 0.136. The van der Waals surface area contributed by atoms with E-state index >= 15 is 0 Å². The summed E-state index contributed by atoms with van der Waals surface area (Å²) in [5.74, 6) is 0.901. The van der Waals surface area contributed by atoms with Crippen LogP contribution in [-0.4, -0.2) is 20.9 Å². The van der Waals surface area contributed by atoms with Gasteiger partial charge in [-0.1, -0.05) is 17.5 Å². The number of terminal acetylenes is 1. The first-order chi connectivity index (χ1) is 11.3. The molecule has 2 aromatic carbocycles. The molecule has 124 valence electrons. The van der Waals surface area contributed by atoms with Crippen molar-refractivity contribution in [3.63, 3.8) is 0 Å². The molecular weight excluding hydrogens is 355 g/mol. The zero-order chi connectivity index (χ0) is 17.7. The molecular formula is C16H12ClFN2O3S. The number of hydrogen-bond donors (Lipinski definition) is 2. The standard InChI is InChI=1S/C16H12ClFN2O3S/c1-2-9-19-24(22,23)13-6-3-11(4-7-13)16(21)20-15-8-5-12(17)10-14(15)18/h1,3-8,10,19H,9H2,(H,20,21). The highest BCUT2D eigenvalue weighted by atomic mass is 35.5. The fourth-order valence-corrected chi connectivity index (χ4v) is 2.88. The molecule has 2 rings (SSSR count). The number of hydrogen-bond acceptors (Lipinski definition) is 3. The van der Waals surface area contributed by atoms with Crippen molar-refractivity contribution in [2.75, 3.05) is 11.9 Å². The van der Waals surface area contributed by atoms with Crippen LogP contribution in [0.2, 0.25) is 5.02 Å². The molecule has 0 aromatic heterocycles. The maximum absolute atomic E-state index is 13.7. The van der Waals surface area contributed by atoms with Gasteiger partial charge in [0.15, 0.2) is 0 Å². The van der Waals surface area contributed by atoms with Gasteiger partial charge in [-0.15, -0.1) is 6.42 Å². The van der Waals surface area contributed by atoms with E-state index in [-0.39, 0.29) is 27.7 Å². The Hall–Kier alpha value is -2.40. The Labute approximate surface area is 143 Å². The Morgan fingerprint density at radius 1 is 1.21 bits per heavy atom. The molecule has 2 N–H and O–H groups in total. The van der Waals surface area contributed by atoms with Crippen molar-refractivity contribution >= 4 is 33.2 Å². The molecule has 0 spiro atoms. The number of anilines is 1. The van der Waals surface area contributed by atoms with Crippen LogP contribution in [0.25, 0.3) is 0 Å². The Morgan fingerprint density at radius 2 is 1.88 bits per heavy atom. The maximum atomic E-state index is 13.7. The lowest BCUT2D eigenvalue weighted by Crippen LogP contribution is -2.24. The predicted molar refractivity (Wildman–Crippen MR) is 89.8 cm³/mol. The predicted octanol–water partition coefficient (Wildman–Crippen LogP) is 2.64. The summed E-state index contributed by atoms with van der Waals surface area (Å²) in [6, 6.07) is 8.98. The summed E-state index contributed by atoms with van der Waals surface area (Å²) >= 11 is 5.64. The van der Waals surface area contributed by atoms with Gasteiger partial charge >= 0.3 is 0 Å². The van der Waals surface area contributed by atoms with Crippen molar-refractivity contribution < 1.29 is 17.6 Å². The molecule has 0 saturated carbocycles. The first-order valence-corrected chi connectivity index (χ1v) is 8.49. The van der Waals surface area contributed by atoms with Crippen LogP contribution in [0.4, 0.5) is 10.1 Å². The first kappa shape index (κ1) is 17.9. The lowest BCUT2D eigenvalue weighted by molar-refractivity contribution is 0.102. The number of benzene rings is 2. The summed E-state index contributed by atoms with van der Waals surface area (Å²) in [7, 11) is -3.73. The lowest BCUT2D eigenvalue weighted by Gasteiger charge is -2.08. The van der Waals surface area contributed by atoms with Crippen molar-refractivity contribution in [3.8, 4) is 12.3 Å². The highest BCUT2D eigenvalue weighted by Crippen LogP contribution is 2.20. The number of carbonyl (C=O) groups is 1. The van der Waals surface area contributed by atoms with Crippen molar-refractivity contribution in [1.29, 1.82) is 0 Å². The molecule has 0 atom stereocenters. The number of halogens is 2. The topological polar surface area (TPSA) is 75.3 Å². The minimum atomic E-state index is -3.73. The molecule has 0 bridgehead atoms. The fraction of sp³-hybridized carbons (Fsp3) is 0.0625. The average molecular weight is 367 g/mol. The molecule has 5 nitrogen and oxygen atoms in total. The van der Waals surface area contributed by atoms with Crippen LogP contribution in [0, 0.1) is 18.2 Å². The zero-order valence-electron chi connectivity index (χ0n) is 12.2. The zero-order valence-corrected chi connectivity index (χ0v) is 13.8. The molecule has 8 heteroatoms. The molecule has 0 aliphatic carbocycles. The van der Waals surface area contributed by atoms with E-state index in [1.807, 2.05) is 0 Å². The van der Waals surface area contributed by atoms with Crippen LogP contribution < -0.4 is 10.0 Å². The lowest BCUT2D eigenvalue weighted by atomic mass is 10.2. The van der Waals surface area contributed by atoms with Gasteiger partial charge in [0, 0.05) is 10.6 Å². The summed E-state index contributed by atoms with van der Waals surface area (Å²) in [4.78, 5) is 12.0. The second-order valence-corrected chi connectivity index (χ2v) is 6.83. The van der Waals surface area contributed by atoms with Crippen LogP contribution in [0.5, 0.6) is 0 Å². The summed E-state index contributed by atoms with van der Waals surface area (Å²) in [5, 5.41) is 2.59. The van der Waals surface area contributed by atoms with Gasteiger partial charge in [-0.2, -0.15) is 4.72 Å². The second-order valence-electron chi connectivity index (χ2n) is 4.63. The van der Waals surface area contributed by atoms with Crippen molar-refractivity contribution in [2.24, 2.45) is 0 Å². The minimum Gasteiger partial charge on any atom is -0.319 e. The van der Waals surface area contributed by atoms with E-state index in [4.69, 9.17) is 18.0 Å². The molecule has 0 saturated heterocycles. The van der Waals surface area contributed by atoms with Gasteiger partial charge < -0.3 is 5.32 Å². The Balaban J connectivity index is 2.16. The largest absolute Gasteiger partial charge is 0.319 e. The van der Waals surface area contributed by atoms with E-state index in [1.54, 1.807) is 0 Å². The van der Waals surface area contributed by atoms with E-state index < -0.39 is 21.7 Å². The van der Waals surface area contributed by atoms with Gasteiger partial charge in [0.05, 0.1) is 17.1 Å². The molecule has 0 aliphatic heterocycles. The number of carbonyl (C=O) groups excluding carboxylic acids is 1. The Bertz CT molecular complexity index is 906. The number of nitrogens with one attached hydrogen (secondary N) is 2. The summed E-state index contributed by atoms with van der Waals surface area (Å²) in [6.45, 7) is -0.138. The van der Waals surface area contributed by atoms with Crippen molar-refractivity contribution in [1.82, 2.24) is 4.72 Å². The third kappa shape index (κ3) is 4.32. The van der Waals surface area contributed by atoms with Crippen molar-refractivity contribution in [2.45, 2.75) is 4.90 Å². The van der Waals surface area contributed by atoms with Crippen LogP contribution in [0.3, 0.4) is 0 Å². The maximum Gasteiger partial charge on any atom is 0.255 e. The van der Waals surface area contributed by atoms with Crippen LogP contribution in [0.15, 0.2) is 47.4 Å². The molecule has 0 fully saturated rings. The van der Waals surface area contributed by atoms with E-state index in [1.165, 1.54) is 36.4 Å². The second kappa shape index (κ2) is 7.45. The number of rotatable bonds is 5. The number of sulfonamides is 1. The van der Waals surface area contributed by atoms with Crippen LogP contribution in [0.1, 0.15) is 10.4 Å². The number of amides is 1. The highest BCUT2D eigenvalue weighted by molar-refractivity contribution is 7.89. The van der Waals surface area contributed by atoms with Crippen LogP contribution >= 0.6 is 11.6 Å². The molecule has 0 aliphatic rings. The SMILES string of the molecule is C#CCNS(=O)(=O)c1ccc(C(=O)Nc2ccc(Cl)cc2F)cc1. The quantitative estimate of drug-likeness (QED) is 0.799. The van der Waals surface area contributed by atoms with E-state index in [2.05, 4.69) is 16.0 Å². The molecule has 1 amide bonds. The highest BCUT2D eigenvalue weighted by Gasteiger charge is 2.15. The smallest absolute Gasteiger partial charge is 0.255 e. The Kier molecular flexibility index (Phi) is 5.57. The van der Waals surface area contributed by atoms with Gasteiger partial charge in [-0.25, -0.2) is 12.8 Å². The van der Waals surface area contributed by atoms with E-state index in [0.29, 0.717) is 0 Å². The van der Waals surface area contributed by atoms with Gasteiger partial charge in [0.25, 0.3) is 5.91 Å². The van der Waals surface area contributed by atoms with Gasteiger partial charge in [-0.3, -0.25) is 4.79 Å². The third-order valence-corrected chi connectivity index (χ3v) is 4.62. The van der Waals surface area contributed by atoms with Crippen LogP contribution in [-0.2, 0) is 10.0 Å². The fourth-order valence-electron chi connectivity index (χ4n) is 1.79. The molecule has 0 unspecified atom stereocenters. The Morgan fingerprint density at radius 3 is 2.46 bits per heavy atom. The molecule has 0 heterocycles. The first-order valence-electron chi connectivity index (χ1n) is 6.63. The van der Waals surface area contributed by atoms with E-state index in [0.717, 1.165) is 6.07 Å².